The van der Waals surface area contributed by atoms with Gasteiger partial charge in [-0.1, -0.05) is 18.2 Å². The van der Waals surface area contributed by atoms with Gasteiger partial charge >= 0.3 is 12.6 Å². The number of aromatic nitrogens is 1. The molecular weight excluding hydrogens is 470 g/mol. The Balaban J connectivity index is 1.34. The van der Waals surface area contributed by atoms with Crippen molar-refractivity contribution in [3.63, 3.8) is 0 Å². The first-order valence-corrected chi connectivity index (χ1v) is 11.2. The number of amides is 1. The topological polar surface area (TPSA) is 90.7 Å². The SMILES string of the molecule is O=C(COC(=O)c1c2c(nc3ccccc13)C(=Cc1ccco1)CC2)Nc1ccc(OC(F)F)cc1. The number of rotatable bonds is 7. The number of anilines is 1. The summed E-state index contributed by atoms with van der Waals surface area (Å²) in [7, 11) is 0. The standard InChI is InChI=1S/C27H20F2N2O5/c28-27(29)36-18-10-8-17(9-11-18)30-23(32)15-35-26(33)24-20-5-1-2-6-22(20)31-25-16(7-12-21(24)25)14-19-4-3-13-34-19/h1-6,8-11,13-14,27H,7,12,15H2,(H,30,32). The van der Waals surface area contributed by atoms with E-state index in [9.17, 15) is 18.4 Å². The zero-order valence-corrected chi connectivity index (χ0v) is 18.9. The van der Waals surface area contributed by atoms with Crippen molar-refractivity contribution in [1.29, 1.82) is 0 Å². The van der Waals surface area contributed by atoms with Gasteiger partial charge < -0.3 is 19.2 Å². The third-order valence-electron chi connectivity index (χ3n) is 5.70. The highest BCUT2D eigenvalue weighted by Crippen LogP contribution is 2.37. The van der Waals surface area contributed by atoms with Crippen LogP contribution in [0, 0.1) is 0 Å². The smallest absolute Gasteiger partial charge is 0.387 e. The van der Waals surface area contributed by atoms with E-state index in [4.69, 9.17) is 14.1 Å². The van der Waals surface area contributed by atoms with Crippen LogP contribution in [0.2, 0.25) is 0 Å². The van der Waals surface area contributed by atoms with E-state index < -0.39 is 25.1 Å². The summed E-state index contributed by atoms with van der Waals surface area (Å²) in [6.07, 6.45) is 4.79. The lowest BCUT2D eigenvalue weighted by Crippen LogP contribution is -2.21. The van der Waals surface area contributed by atoms with E-state index in [-0.39, 0.29) is 5.75 Å². The summed E-state index contributed by atoms with van der Waals surface area (Å²) >= 11 is 0. The molecule has 1 N–H and O–H groups in total. The molecule has 1 amide bonds. The minimum absolute atomic E-state index is 0.0340. The van der Waals surface area contributed by atoms with Crippen molar-refractivity contribution in [2.45, 2.75) is 19.5 Å². The van der Waals surface area contributed by atoms with Crippen LogP contribution < -0.4 is 10.1 Å². The fraction of sp³-hybridized carbons (Fsp3) is 0.148. The number of nitrogens with zero attached hydrogens (tertiary/aromatic N) is 1. The highest BCUT2D eigenvalue weighted by molar-refractivity contribution is 6.08. The maximum Gasteiger partial charge on any atom is 0.387 e. The quantitative estimate of drug-likeness (QED) is 0.334. The number of ether oxygens (including phenoxy) is 2. The summed E-state index contributed by atoms with van der Waals surface area (Å²) in [5.74, 6) is -0.532. The Hall–Kier alpha value is -4.53. The average Bonchev–Trinajstić information content (AvgIpc) is 3.52. The molecule has 0 fully saturated rings. The van der Waals surface area contributed by atoms with Gasteiger partial charge in [-0.15, -0.1) is 0 Å². The Morgan fingerprint density at radius 3 is 2.61 bits per heavy atom. The predicted octanol–water partition coefficient (Wildman–Crippen LogP) is 5.71. The van der Waals surface area contributed by atoms with E-state index in [2.05, 4.69) is 10.1 Å². The normalized spacial score (nSPS) is 13.7. The van der Waals surface area contributed by atoms with E-state index in [0.717, 1.165) is 11.1 Å². The average molecular weight is 490 g/mol. The number of esters is 1. The van der Waals surface area contributed by atoms with Gasteiger partial charge in [0.2, 0.25) is 0 Å². The molecule has 2 aromatic heterocycles. The lowest BCUT2D eigenvalue weighted by atomic mass is 10.0. The Bertz CT molecular complexity index is 1450. The third-order valence-corrected chi connectivity index (χ3v) is 5.70. The molecular formula is C27H20F2N2O5. The van der Waals surface area contributed by atoms with Crippen molar-refractivity contribution in [3.05, 3.63) is 89.5 Å². The van der Waals surface area contributed by atoms with Crippen LogP contribution in [0.5, 0.6) is 5.75 Å². The van der Waals surface area contributed by atoms with Crippen LogP contribution in [0.25, 0.3) is 22.6 Å². The van der Waals surface area contributed by atoms with Crippen LogP contribution in [-0.4, -0.2) is 30.1 Å². The fourth-order valence-electron chi connectivity index (χ4n) is 4.18. The lowest BCUT2D eigenvalue weighted by Gasteiger charge is -2.12. The number of hydrogen-bond acceptors (Lipinski definition) is 6. The first kappa shape index (κ1) is 23.2. The van der Waals surface area contributed by atoms with Gasteiger partial charge in [-0.2, -0.15) is 8.78 Å². The molecule has 0 saturated carbocycles. The maximum absolute atomic E-state index is 13.2. The molecule has 0 atom stereocenters. The van der Waals surface area contributed by atoms with Crippen LogP contribution in [0.3, 0.4) is 0 Å². The molecule has 0 unspecified atom stereocenters. The largest absolute Gasteiger partial charge is 0.465 e. The van der Waals surface area contributed by atoms with Crippen LogP contribution in [0.15, 0.2) is 71.3 Å². The van der Waals surface area contributed by atoms with Crippen LogP contribution in [0.1, 0.15) is 33.8 Å². The van der Waals surface area contributed by atoms with E-state index in [0.29, 0.717) is 46.4 Å². The zero-order valence-electron chi connectivity index (χ0n) is 18.9. The number of para-hydroxylation sites is 1. The molecule has 4 aromatic rings. The van der Waals surface area contributed by atoms with Gasteiger partial charge in [0.05, 0.1) is 23.0 Å². The summed E-state index contributed by atoms with van der Waals surface area (Å²) < 4.78 is 39.6. The lowest BCUT2D eigenvalue weighted by molar-refractivity contribution is -0.119. The number of benzene rings is 2. The van der Waals surface area contributed by atoms with Crippen LogP contribution >= 0.6 is 0 Å². The molecule has 36 heavy (non-hydrogen) atoms. The summed E-state index contributed by atoms with van der Waals surface area (Å²) in [5.41, 5.74) is 3.82. The number of allylic oxidation sites excluding steroid dienone is 1. The van der Waals surface area contributed by atoms with Crippen molar-refractivity contribution in [2.75, 3.05) is 11.9 Å². The Kier molecular flexibility index (Phi) is 6.44. The predicted molar refractivity (Wildman–Crippen MR) is 129 cm³/mol. The molecule has 0 spiro atoms. The molecule has 0 radical (unpaired) electrons. The Morgan fingerprint density at radius 2 is 1.86 bits per heavy atom. The Labute approximate surface area is 204 Å². The third kappa shape index (κ3) is 4.95. The molecule has 9 heteroatoms. The molecule has 182 valence electrons. The van der Waals surface area contributed by atoms with E-state index in [1.54, 1.807) is 18.4 Å². The summed E-state index contributed by atoms with van der Waals surface area (Å²) in [4.78, 5) is 30.3. The number of carbonyl (C=O) groups is 2. The maximum atomic E-state index is 13.2. The van der Waals surface area contributed by atoms with Gasteiger partial charge in [0.1, 0.15) is 11.5 Å². The van der Waals surface area contributed by atoms with Gasteiger partial charge in [-0.25, -0.2) is 9.78 Å². The number of halogens is 2. The van der Waals surface area contributed by atoms with Crippen LogP contribution in [-0.2, 0) is 16.0 Å². The Morgan fingerprint density at radius 1 is 1.06 bits per heavy atom. The van der Waals surface area contributed by atoms with E-state index in [1.807, 2.05) is 30.3 Å². The highest BCUT2D eigenvalue weighted by atomic mass is 19.3. The second-order valence-corrected chi connectivity index (χ2v) is 8.04. The first-order chi connectivity index (χ1) is 17.5. The van der Waals surface area contributed by atoms with Crippen molar-refractivity contribution < 1.29 is 32.3 Å². The second kappa shape index (κ2) is 9.99. The molecule has 0 aliphatic heterocycles. The van der Waals surface area contributed by atoms with Gasteiger partial charge in [0.15, 0.2) is 6.61 Å². The van der Waals surface area contributed by atoms with Gasteiger partial charge in [0.25, 0.3) is 5.91 Å². The molecule has 2 heterocycles. The van der Waals surface area contributed by atoms with Crippen molar-refractivity contribution in [2.24, 2.45) is 0 Å². The number of furan rings is 1. The second-order valence-electron chi connectivity index (χ2n) is 8.04. The number of nitrogens with one attached hydrogen (secondary N) is 1. The fourth-order valence-corrected chi connectivity index (χ4v) is 4.18. The molecule has 0 saturated heterocycles. The molecule has 7 nitrogen and oxygen atoms in total. The molecule has 5 rings (SSSR count). The molecule has 0 bridgehead atoms. The minimum Gasteiger partial charge on any atom is -0.465 e. The highest BCUT2D eigenvalue weighted by Gasteiger charge is 2.28. The number of alkyl halides is 2. The van der Waals surface area contributed by atoms with E-state index >= 15 is 0 Å². The van der Waals surface area contributed by atoms with Gasteiger partial charge in [0, 0.05) is 11.1 Å². The van der Waals surface area contributed by atoms with Gasteiger partial charge in [-0.05, 0) is 72.5 Å². The van der Waals surface area contributed by atoms with Crippen molar-refractivity contribution in [3.8, 4) is 5.75 Å². The molecule has 1 aliphatic rings. The summed E-state index contributed by atoms with van der Waals surface area (Å²) in [6, 6.07) is 16.3. The number of hydrogen-bond donors (Lipinski definition) is 1. The van der Waals surface area contributed by atoms with E-state index in [1.165, 1.54) is 24.3 Å². The molecule has 2 aromatic carbocycles. The molecule has 1 aliphatic carbocycles. The van der Waals surface area contributed by atoms with Crippen molar-refractivity contribution >= 4 is 40.1 Å². The monoisotopic (exact) mass is 490 g/mol. The van der Waals surface area contributed by atoms with Crippen LogP contribution in [0.4, 0.5) is 14.5 Å². The zero-order chi connectivity index (χ0) is 25.1. The minimum atomic E-state index is -2.94. The van der Waals surface area contributed by atoms with Crippen molar-refractivity contribution in [1.82, 2.24) is 4.98 Å². The number of carbonyl (C=O) groups excluding carboxylic acids is 2. The number of pyridine rings is 1. The number of fused-ring (bicyclic) bond motifs is 2. The summed E-state index contributed by atoms with van der Waals surface area (Å²) in [6.45, 7) is -3.46. The first-order valence-electron chi connectivity index (χ1n) is 11.2. The van der Waals surface area contributed by atoms with Gasteiger partial charge in [-0.3, -0.25) is 4.79 Å². The summed E-state index contributed by atoms with van der Waals surface area (Å²) in [5, 5.41) is 3.21.